The van der Waals surface area contributed by atoms with E-state index in [0.29, 0.717) is 24.4 Å². The van der Waals surface area contributed by atoms with Crippen LogP contribution in [0.5, 0.6) is 5.75 Å². The van der Waals surface area contributed by atoms with Crippen LogP contribution in [0.2, 0.25) is 0 Å². The van der Waals surface area contributed by atoms with Crippen molar-refractivity contribution in [2.75, 3.05) is 7.11 Å². The summed E-state index contributed by atoms with van der Waals surface area (Å²) in [5.74, 6) is 1.66. The van der Waals surface area contributed by atoms with Gasteiger partial charge in [0.1, 0.15) is 5.75 Å². The summed E-state index contributed by atoms with van der Waals surface area (Å²) in [5, 5.41) is 7.11. The summed E-state index contributed by atoms with van der Waals surface area (Å²) in [4.78, 5) is 12.8. The molecule has 144 valence electrons. The number of carbonyl (C=O) groups excluding carboxylic acids is 1. The summed E-state index contributed by atoms with van der Waals surface area (Å²) in [5.41, 5.74) is 1.06. The number of fused-ring (bicyclic) bond motifs is 2. The number of benzene rings is 1. The van der Waals surface area contributed by atoms with Gasteiger partial charge in [0.2, 0.25) is 5.91 Å². The Bertz CT molecular complexity index is 601. The second kappa shape index (κ2) is 8.18. The summed E-state index contributed by atoms with van der Waals surface area (Å²) in [6.07, 6.45) is 10.1. The molecule has 3 fully saturated rings. The van der Waals surface area contributed by atoms with E-state index in [9.17, 15) is 4.79 Å². The number of nitrogens with one attached hydrogen (secondary N) is 2. The maximum absolute atomic E-state index is 12.8. The first-order valence-corrected chi connectivity index (χ1v) is 9.88. The first kappa shape index (κ1) is 19.5. The van der Waals surface area contributed by atoms with Crippen molar-refractivity contribution < 1.29 is 9.53 Å². The zero-order valence-electron chi connectivity index (χ0n) is 15.6. The van der Waals surface area contributed by atoms with Crippen LogP contribution >= 0.6 is 12.4 Å². The molecule has 1 saturated carbocycles. The molecular weight excluding hydrogens is 348 g/mol. The molecule has 2 N–H and O–H groups in total. The Labute approximate surface area is 162 Å². The number of ether oxygens (including phenoxy) is 1. The number of piperidine rings is 1. The Kier molecular flexibility index (Phi) is 6.13. The number of carbonyl (C=O) groups is 1. The first-order valence-electron chi connectivity index (χ1n) is 9.88. The number of amides is 1. The molecule has 2 unspecified atom stereocenters. The molecule has 2 bridgehead atoms. The van der Waals surface area contributed by atoms with Gasteiger partial charge in [-0.05, 0) is 62.1 Å². The van der Waals surface area contributed by atoms with E-state index in [1.165, 1.54) is 44.1 Å². The van der Waals surface area contributed by atoms with Gasteiger partial charge in [-0.25, -0.2) is 0 Å². The fourth-order valence-corrected chi connectivity index (χ4v) is 5.30. The molecule has 4 nitrogen and oxygen atoms in total. The van der Waals surface area contributed by atoms with E-state index < -0.39 is 0 Å². The van der Waals surface area contributed by atoms with Crippen molar-refractivity contribution in [3.63, 3.8) is 0 Å². The summed E-state index contributed by atoms with van der Waals surface area (Å²) < 4.78 is 5.28. The van der Waals surface area contributed by atoms with Crippen LogP contribution in [-0.4, -0.2) is 25.1 Å². The summed E-state index contributed by atoms with van der Waals surface area (Å²) >= 11 is 0. The van der Waals surface area contributed by atoms with E-state index in [1.807, 2.05) is 12.1 Å². The Balaban J connectivity index is 0.00000196. The van der Waals surface area contributed by atoms with Gasteiger partial charge in [0.05, 0.1) is 12.6 Å². The van der Waals surface area contributed by atoms with Crippen LogP contribution in [0.25, 0.3) is 0 Å². The minimum atomic E-state index is -0.171. The standard InChI is InChI=1S/C21H30N2O2.ClH/c1-25-19-8-4-16(5-9-19)21(10-2-3-11-21)23-20(24)14-15-12-17-6-7-18(13-15)22-17;/h4-5,8-9,15,17-18,22H,2-3,6-7,10-14H2,1H3,(H,23,24);1H. The molecule has 1 aromatic rings. The van der Waals surface area contributed by atoms with Gasteiger partial charge in [-0.1, -0.05) is 25.0 Å². The molecule has 1 amide bonds. The Morgan fingerprint density at radius 1 is 1.15 bits per heavy atom. The Morgan fingerprint density at radius 3 is 2.35 bits per heavy atom. The van der Waals surface area contributed by atoms with Crippen molar-refractivity contribution in [1.29, 1.82) is 0 Å². The van der Waals surface area contributed by atoms with Crippen molar-refractivity contribution in [3.05, 3.63) is 29.8 Å². The third-order valence-corrected chi connectivity index (χ3v) is 6.52. The average molecular weight is 379 g/mol. The normalized spacial score (nSPS) is 29.0. The third kappa shape index (κ3) is 4.01. The van der Waals surface area contributed by atoms with Crippen molar-refractivity contribution in [1.82, 2.24) is 10.6 Å². The molecule has 1 aromatic carbocycles. The Morgan fingerprint density at radius 2 is 1.77 bits per heavy atom. The maximum Gasteiger partial charge on any atom is 0.220 e. The van der Waals surface area contributed by atoms with Crippen LogP contribution in [0.3, 0.4) is 0 Å². The van der Waals surface area contributed by atoms with E-state index in [-0.39, 0.29) is 23.9 Å². The molecule has 4 rings (SSSR count). The lowest BCUT2D eigenvalue weighted by Crippen LogP contribution is -2.45. The SMILES string of the molecule is COc1ccc(C2(NC(=O)CC3CC4CCC(C3)N4)CCCC2)cc1.Cl. The molecule has 0 radical (unpaired) electrons. The van der Waals surface area contributed by atoms with Crippen LogP contribution in [0.4, 0.5) is 0 Å². The van der Waals surface area contributed by atoms with Gasteiger partial charge in [-0.3, -0.25) is 4.79 Å². The van der Waals surface area contributed by atoms with Gasteiger partial charge in [-0.2, -0.15) is 0 Å². The number of halogens is 1. The van der Waals surface area contributed by atoms with Crippen LogP contribution in [0, 0.1) is 5.92 Å². The fraction of sp³-hybridized carbons (Fsp3) is 0.667. The van der Waals surface area contributed by atoms with Gasteiger partial charge in [0, 0.05) is 18.5 Å². The lowest BCUT2D eigenvalue weighted by molar-refractivity contribution is -0.124. The van der Waals surface area contributed by atoms with Crippen LogP contribution in [-0.2, 0) is 10.3 Å². The van der Waals surface area contributed by atoms with Gasteiger partial charge >= 0.3 is 0 Å². The topological polar surface area (TPSA) is 50.4 Å². The molecule has 0 spiro atoms. The van der Waals surface area contributed by atoms with Crippen molar-refractivity contribution in [2.45, 2.75) is 75.4 Å². The van der Waals surface area contributed by atoms with E-state index in [0.717, 1.165) is 18.6 Å². The van der Waals surface area contributed by atoms with Gasteiger partial charge < -0.3 is 15.4 Å². The molecule has 2 heterocycles. The van der Waals surface area contributed by atoms with Crippen LogP contribution in [0.15, 0.2) is 24.3 Å². The maximum atomic E-state index is 12.8. The van der Waals surface area contributed by atoms with Crippen LogP contribution in [0.1, 0.15) is 63.4 Å². The monoisotopic (exact) mass is 378 g/mol. The van der Waals surface area contributed by atoms with Crippen LogP contribution < -0.4 is 15.4 Å². The first-order chi connectivity index (χ1) is 12.2. The molecule has 2 aliphatic heterocycles. The molecule has 26 heavy (non-hydrogen) atoms. The molecule has 2 atom stereocenters. The van der Waals surface area contributed by atoms with Crippen molar-refractivity contribution in [2.24, 2.45) is 5.92 Å². The highest BCUT2D eigenvalue weighted by Crippen LogP contribution is 2.40. The summed E-state index contributed by atoms with van der Waals surface area (Å²) in [6, 6.07) is 9.56. The summed E-state index contributed by atoms with van der Waals surface area (Å²) in [7, 11) is 1.69. The lowest BCUT2D eigenvalue weighted by atomic mass is 9.86. The minimum absolute atomic E-state index is 0. The van der Waals surface area contributed by atoms with E-state index >= 15 is 0 Å². The molecule has 5 heteroatoms. The minimum Gasteiger partial charge on any atom is -0.497 e. The van der Waals surface area contributed by atoms with Gasteiger partial charge in [0.15, 0.2) is 0 Å². The van der Waals surface area contributed by atoms with Crippen molar-refractivity contribution >= 4 is 18.3 Å². The molecule has 2 saturated heterocycles. The van der Waals surface area contributed by atoms with E-state index in [2.05, 4.69) is 22.8 Å². The fourth-order valence-electron chi connectivity index (χ4n) is 5.30. The number of methoxy groups -OCH3 is 1. The van der Waals surface area contributed by atoms with E-state index in [1.54, 1.807) is 7.11 Å². The summed E-state index contributed by atoms with van der Waals surface area (Å²) in [6.45, 7) is 0. The van der Waals surface area contributed by atoms with E-state index in [4.69, 9.17) is 4.74 Å². The highest BCUT2D eigenvalue weighted by Gasteiger charge is 2.39. The highest BCUT2D eigenvalue weighted by atomic mass is 35.5. The third-order valence-electron chi connectivity index (χ3n) is 6.52. The quantitative estimate of drug-likeness (QED) is 0.816. The molecule has 3 aliphatic rings. The number of rotatable bonds is 5. The number of hydrogen-bond donors (Lipinski definition) is 2. The molecular formula is C21H31ClN2O2. The second-order valence-corrected chi connectivity index (χ2v) is 8.25. The lowest BCUT2D eigenvalue weighted by Gasteiger charge is -2.33. The second-order valence-electron chi connectivity index (χ2n) is 8.25. The van der Waals surface area contributed by atoms with Gasteiger partial charge in [0.25, 0.3) is 0 Å². The zero-order chi connectivity index (χ0) is 17.3. The largest absolute Gasteiger partial charge is 0.497 e. The highest BCUT2D eigenvalue weighted by molar-refractivity contribution is 5.85. The predicted octanol–water partition coefficient (Wildman–Crippen LogP) is 3.92. The molecule has 1 aliphatic carbocycles. The van der Waals surface area contributed by atoms with Gasteiger partial charge in [-0.15, -0.1) is 12.4 Å². The predicted molar refractivity (Wildman–Crippen MR) is 106 cm³/mol. The number of hydrogen-bond acceptors (Lipinski definition) is 3. The molecule has 0 aromatic heterocycles. The zero-order valence-corrected chi connectivity index (χ0v) is 16.4. The Hall–Kier alpha value is -1.26. The average Bonchev–Trinajstić information content (AvgIpc) is 3.22. The smallest absolute Gasteiger partial charge is 0.220 e. The van der Waals surface area contributed by atoms with Crippen molar-refractivity contribution in [3.8, 4) is 5.75 Å².